The van der Waals surface area contributed by atoms with Crippen molar-refractivity contribution in [3.8, 4) is 5.75 Å². The average Bonchev–Trinajstić information content (AvgIpc) is 2.70. The van der Waals surface area contributed by atoms with E-state index in [0.29, 0.717) is 31.1 Å². The summed E-state index contributed by atoms with van der Waals surface area (Å²) in [5, 5.41) is 0. The first-order chi connectivity index (χ1) is 9.30. The number of carbonyl (C=O) groups is 1. The second-order valence-electron chi connectivity index (χ2n) is 5.93. The van der Waals surface area contributed by atoms with E-state index < -0.39 is 5.60 Å². The van der Waals surface area contributed by atoms with Crippen molar-refractivity contribution in [1.29, 1.82) is 0 Å². The maximum absolute atomic E-state index is 12.1. The van der Waals surface area contributed by atoms with Crippen LogP contribution in [0.5, 0.6) is 5.75 Å². The van der Waals surface area contributed by atoms with Gasteiger partial charge in [-0.3, -0.25) is 4.90 Å². The number of hydrogen-bond donors (Lipinski definition) is 1. The zero-order valence-electron chi connectivity index (χ0n) is 12.5. The van der Waals surface area contributed by atoms with Crippen LogP contribution < -0.4 is 10.5 Å². The Balaban J connectivity index is 2.13. The standard InChI is InChI=1S/C15H22N2O3/c1-5-19-13-7-11-9-17(8-10(11)6-12(13)16)14(18)20-15(2,3)4/h6-7H,5,8-9,16H2,1-4H3. The van der Waals surface area contributed by atoms with Crippen LogP contribution in [0.2, 0.25) is 0 Å². The summed E-state index contributed by atoms with van der Waals surface area (Å²) in [7, 11) is 0. The minimum atomic E-state index is -0.485. The van der Waals surface area contributed by atoms with Crippen LogP contribution in [0.1, 0.15) is 38.8 Å². The molecule has 0 saturated heterocycles. The third kappa shape index (κ3) is 3.15. The van der Waals surface area contributed by atoms with Gasteiger partial charge in [-0.2, -0.15) is 0 Å². The molecule has 2 rings (SSSR count). The van der Waals surface area contributed by atoms with Crippen molar-refractivity contribution < 1.29 is 14.3 Å². The number of rotatable bonds is 2. The first-order valence-electron chi connectivity index (χ1n) is 6.82. The van der Waals surface area contributed by atoms with Gasteiger partial charge in [-0.25, -0.2) is 4.79 Å². The van der Waals surface area contributed by atoms with Gasteiger partial charge in [-0.05, 0) is 51.0 Å². The summed E-state index contributed by atoms with van der Waals surface area (Å²) >= 11 is 0. The molecule has 1 aliphatic rings. The highest BCUT2D eigenvalue weighted by Gasteiger charge is 2.28. The Morgan fingerprint density at radius 2 is 1.90 bits per heavy atom. The summed E-state index contributed by atoms with van der Waals surface area (Å²) in [6.07, 6.45) is -0.301. The summed E-state index contributed by atoms with van der Waals surface area (Å²) in [5.41, 5.74) is 8.18. The fourth-order valence-electron chi connectivity index (χ4n) is 2.18. The summed E-state index contributed by atoms with van der Waals surface area (Å²) in [6, 6.07) is 3.79. The smallest absolute Gasteiger partial charge is 0.410 e. The molecule has 0 saturated carbocycles. The SMILES string of the molecule is CCOc1cc2c(cc1N)CN(C(=O)OC(C)(C)C)C2. The topological polar surface area (TPSA) is 64.8 Å². The summed E-state index contributed by atoms with van der Waals surface area (Å²) in [4.78, 5) is 13.7. The lowest BCUT2D eigenvalue weighted by Gasteiger charge is -2.24. The fourth-order valence-corrected chi connectivity index (χ4v) is 2.18. The van der Waals surface area contributed by atoms with E-state index in [4.69, 9.17) is 15.2 Å². The van der Waals surface area contributed by atoms with Gasteiger partial charge < -0.3 is 15.2 Å². The van der Waals surface area contributed by atoms with Crippen LogP contribution in [-0.2, 0) is 17.8 Å². The van der Waals surface area contributed by atoms with E-state index in [1.54, 1.807) is 4.90 Å². The number of anilines is 1. The van der Waals surface area contributed by atoms with Crippen LogP contribution in [0, 0.1) is 0 Å². The number of nitrogens with zero attached hydrogens (tertiary/aromatic N) is 1. The van der Waals surface area contributed by atoms with Gasteiger partial charge in [-0.1, -0.05) is 0 Å². The summed E-state index contributed by atoms with van der Waals surface area (Å²) in [6.45, 7) is 9.13. The molecule has 0 spiro atoms. The lowest BCUT2D eigenvalue weighted by atomic mass is 10.1. The molecule has 0 aliphatic carbocycles. The highest BCUT2D eigenvalue weighted by molar-refractivity contribution is 5.70. The van der Waals surface area contributed by atoms with Crippen LogP contribution in [-0.4, -0.2) is 23.2 Å². The number of hydrogen-bond acceptors (Lipinski definition) is 4. The van der Waals surface area contributed by atoms with Crippen molar-refractivity contribution in [1.82, 2.24) is 4.90 Å². The van der Waals surface area contributed by atoms with Crippen LogP contribution in [0.3, 0.4) is 0 Å². The molecule has 1 heterocycles. The van der Waals surface area contributed by atoms with Gasteiger partial charge in [0.25, 0.3) is 0 Å². The molecule has 5 nitrogen and oxygen atoms in total. The van der Waals surface area contributed by atoms with Gasteiger partial charge in [0.1, 0.15) is 11.4 Å². The molecule has 0 atom stereocenters. The van der Waals surface area contributed by atoms with Crippen molar-refractivity contribution in [3.63, 3.8) is 0 Å². The Morgan fingerprint density at radius 1 is 1.30 bits per heavy atom. The Labute approximate surface area is 119 Å². The highest BCUT2D eigenvalue weighted by Crippen LogP contribution is 2.32. The van der Waals surface area contributed by atoms with Crippen LogP contribution in [0.25, 0.3) is 0 Å². The Kier molecular flexibility index (Phi) is 3.79. The third-order valence-electron chi connectivity index (χ3n) is 3.01. The molecular weight excluding hydrogens is 256 g/mol. The third-order valence-corrected chi connectivity index (χ3v) is 3.01. The van der Waals surface area contributed by atoms with E-state index in [0.717, 1.165) is 11.1 Å². The molecule has 5 heteroatoms. The first kappa shape index (κ1) is 14.5. The molecule has 1 aromatic rings. The van der Waals surface area contributed by atoms with E-state index >= 15 is 0 Å². The number of nitrogens with two attached hydrogens (primary N) is 1. The molecule has 1 aliphatic heterocycles. The lowest BCUT2D eigenvalue weighted by molar-refractivity contribution is 0.0242. The number of fused-ring (bicyclic) bond motifs is 1. The Bertz CT molecular complexity index is 521. The minimum Gasteiger partial charge on any atom is -0.492 e. The molecule has 0 unspecified atom stereocenters. The molecular formula is C15H22N2O3. The van der Waals surface area contributed by atoms with Crippen molar-refractivity contribution in [3.05, 3.63) is 23.3 Å². The number of ether oxygens (including phenoxy) is 2. The zero-order valence-corrected chi connectivity index (χ0v) is 12.5. The van der Waals surface area contributed by atoms with Crippen LogP contribution in [0.15, 0.2) is 12.1 Å². The predicted molar refractivity (Wildman–Crippen MR) is 77.5 cm³/mol. The van der Waals surface area contributed by atoms with Crippen LogP contribution >= 0.6 is 0 Å². The second-order valence-corrected chi connectivity index (χ2v) is 5.93. The van der Waals surface area contributed by atoms with E-state index in [2.05, 4.69) is 0 Å². The molecule has 0 radical (unpaired) electrons. The van der Waals surface area contributed by atoms with Crippen LogP contribution in [0.4, 0.5) is 10.5 Å². The van der Waals surface area contributed by atoms with Crippen molar-refractivity contribution in [2.45, 2.75) is 46.4 Å². The largest absolute Gasteiger partial charge is 0.492 e. The van der Waals surface area contributed by atoms with E-state index in [1.165, 1.54) is 0 Å². The molecule has 20 heavy (non-hydrogen) atoms. The van der Waals surface area contributed by atoms with Gasteiger partial charge in [0.2, 0.25) is 0 Å². The van der Waals surface area contributed by atoms with Gasteiger partial charge in [0, 0.05) is 13.1 Å². The number of benzene rings is 1. The molecule has 0 bridgehead atoms. The monoisotopic (exact) mass is 278 g/mol. The number of amides is 1. The van der Waals surface area contributed by atoms with Gasteiger partial charge >= 0.3 is 6.09 Å². The van der Waals surface area contributed by atoms with Crippen molar-refractivity contribution >= 4 is 11.8 Å². The minimum absolute atomic E-state index is 0.301. The maximum atomic E-state index is 12.1. The number of carbonyl (C=O) groups excluding carboxylic acids is 1. The molecule has 0 fully saturated rings. The highest BCUT2D eigenvalue weighted by atomic mass is 16.6. The summed E-state index contributed by atoms with van der Waals surface area (Å²) < 4.78 is 10.9. The predicted octanol–water partition coefficient (Wildman–Crippen LogP) is 2.92. The van der Waals surface area contributed by atoms with E-state index in [9.17, 15) is 4.79 Å². The maximum Gasteiger partial charge on any atom is 0.410 e. The zero-order chi connectivity index (χ0) is 14.9. The Hall–Kier alpha value is -1.91. The quantitative estimate of drug-likeness (QED) is 0.845. The van der Waals surface area contributed by atoms with Gasteiger partial charge in [-0.15, -0.1) is 0 Å². The molecule has 1 aromatic carbocycles. The van der Waals surface area contributed by atoms with Crippen molar-refractivity contribution in [2.75, 3.05) is 12.3 Å². The van der Waals surface area contributed by atoms with E-state index in [-0.39, 0.29) is 6.09 Å². The van der Waals surface area contributed by atoms with Gasteiger partial charge in [0.05, 0.1) is 12.3 Å². The number of nitrogen functional groups attached to an aromatic ring is 1. The van der Waals surface area contributed by atoms with E-state index in [1.807, 2.05) is 39.8 Å². The van der Waals surface area contributed by atoms with Gasteiger partial charge in [0.15, 0.2) is 0 Å². The van der Waals surface area contributed by atoms with Crippen molar-refractivity contribution in [2.24, 2.45) is 0 Å². The average molecular weight is 278 g/mol. The summed E-state index contributed by atoms with van der Waals surface area (Å²) in [5.74, 6) is 0.678. The molecule has 0 aromatic heterocycles. The second kappa shape index (κ2) is 5.23. The molecule has 110 valence electrons. The fraction of sp³-hybridized carbons (Fsp3) is 0.533. The Morgan fingerprint density at radius 3 is 2.45 bits per heavy atom. The molecule has 1 amide bonds. The normalized spacial score (nSPS) is 14.1. The lowest BCUT2D eigenvalue weighted by Crippen LogP contribution is -2.33. The molecule has 2 N–H and O–H groups in total. The first-order valence-corrected chi connectivity index (χ1v) is 6.82.